The zero-order valence-electron chi connectivity index (χ0n) is 6.32. The van der Waals surface area contributed by atoms with Gasteiger partial charge < -0.3 is 15.3 Å². The predicted octanol–water partition coefficient (Wildman–Crippen LogP) is -0.407. The van der Waals surface area contributed by atoms with Gasteiger partial charge in [-0.15, -0.1) is 0 Å². The van der Waals surface area contributed by atoms with Crippen molar-refractivity contribution >= 4 is 5.97 Å². The molecule has 11 heavy (non-hydrogen) atoms. The summed E-state index contributed by atoms with van der Waals surface area (Å²) >= 11 is 0. The first-order valence-corrected chi connectivity index (χ1v) is 3.55. The van der Waals surface area contributed by atoms with E-state index in [-0.39, 0.29) is 12.8 Å². The molecule has 2 unspecified atom stereocenters. The van der Waals surface area contributed by atoms with Crippen LogP contribution < -0.4 is 0 Å². The Morgan fingerprint density at radius 1 is 1.36 bits per heavy atom. The summed E-state index contributed by atoms with van der Waals surface area (Å²) in [5.74, 6) is -0.951. The van der Waals surface area contributed by atoms with Gasteiger partial charge in [-0.05, 0) is 19.8 Å². The third-order valence-corrected chi connectivity index (χ3v) is 2.28. The lowest BCUT2D eigenvalue weighted by atomic mass is 9.89. The second kappa shape index (κ2) is 2.46. The Balaban J connectivity index is 2.71. The van der Waals surface area contributed by atoms with Crippen LogP contribution in [0.1, 0.15) is 19.8 Å². The van der Waals surface area contributed by atoms with E-state index >= 15 is 0 Å². The molecule has 0 bridgehead atoms. The molecule has 1 fully saturated rings. The van der Waals surface area contributed by atoms with Gasteiger partial charge in [0.2, 0.25) is 0 Å². The highest BCUT2D eigenvalue weighted by Crippen LogP contribution is 2.37. The van der Waals surface area contributed by atoms with Crippen molar-refractivity contribution in [3.05, 3.63) is 0 Å². The standard InChI is InChI=1S/C7H12O4/c1-7(6(10)11)2-4(8)5(9)3-7/h4-5,8-9H,2-3H2,1H3,(H,10,11). The van der Waals surface area contributed by atoms with Gasteiger partial charge in [0.1, 0.15) is 0 Å². The Morgan fingerprint density at radius 2 is 1.73 bits per heavy atom. The van der Waals surface area contributed by atoms with Crippen molar-refractivity contribution in [1.29, 1.82) is 0 Å². The van der Waals surface area contributed by atoms with Gasteiger partial charge in [0.15, 0.2) is 0 Å². The fourth-order valence-electron chi connectivity index (χ4n) is 1.45. The molecule has 0 amide bonds. The molecule has 4 nitrogen and oxygen atoms in total. The van der Waals surface area contributed by atoms with Crippen LogP contribution >= 0.6 is 0 Å². The molecule has 0 saturated heterocycles. The molecule has 0 heterocycles. The van der Waals surface area contributed by atoms with E-state index in [9.17, 15) is 4.79 Å². The summed E-state index contributed by atoms with van der Waals surface area (Å²) in [6.45, 7) is 1.54. The third-order valence-electron chi connectivity index (χ3n) is 2.28. The molecule has 2 atom stereocenters. The predicted molar refractivity (Wildman–Crippen MR) is 37.0 cm³/mol. The molecule has 0 radical (unpaired) electrons. The second-order valence-electron chi connectivity index (χ2n) is 3.41. The molecule has 64 valence electrons. The summed E-state index contributed by atoms with van der Waals surface area (Å²) < 4.78 is 0. The Morgan fingerprint density at radius 3 is 1.91 bits per heavy atom. The van der Waals surface area contributed by atoms with E-state index in [1.54, 1.807) is 0 Å². The number of aliphatic hydroxyl groups is 2. The lowest BCUT2D eigenvalue weighted by Crippen LogP contribution is -2.24. The normalized spacial score (nSPS) is 44.3. The van der Waals surface area contributed by atoms with Crippen LogP contribution in [0, 0.1) is 5.41 Å². The van der Waals surface area contributed by atoms with Crippen LogP contribution in [0.25, 0.3) is 0 Å². The van der Waals surface area contributed by atoms with Crippen LogP contribution in [0.3, 0.4) is 0 Å². The maximum atomic E-state index is 10.6. The first kappa shape index (κ1) is 8.49. The highest BCUT2D eigenvalue weighted by molar-refractivity contribution is 5.74. The zero-order chi connectivity index (χ0) is 8.65. The van der Waals surface area contributed by atoms with Crippen molar-refractivity contribution < 1.29 is 20.1 Å². The molecular weight excluding hydrogens is 148 g/mol. The summed E-state index contributed by atoms with van der Waals surface area (Å²) in [4.78, 5) is 10.6. The Kier molecular flexibility index (Phi) is 1.90. The molecule has 1 aliphatic carbocycles. The Bertz CT molecular complexity index is 167. The maximum Gasteiger partial charge on any atom is 0.309 e. The number of carbonyl (C=O) groups is 1. The summed E-state index contributed by atoms with van der Waals surface area (Å²) in [7, 11) is 0. The molecule has 0 spiro atoms. The van der Waals surface area contributed by atoms with Crippen molar-refractivity contribution in [2.45, 2.75) is 32.0 Å². The van der Waals surface area contributed by atoms with E-state index in [4.69, 9.17) is 15.3 Å². The lowest BCUT2D eigenvalue weighted by molar-refractivity contribution is -0.148. The van der Waals surface area contributed by atoms with Gasteiger partial charge in [-0.3, -0.25) is 4.79 Å². The minimum absolute atomic E-state index is 0.142. The number of carboxylic acid groups (broad SMARTS) is 1. The largest absolute Gasteiger partial charge is 0.481 e. The summed E-state index contributed by atoms with van der Waals surface area (Å²) in [5, 5.41) is 26.8. The number of hydrogen-bond acceptors (Lipinski definition) is 3. The van der Waals surface area contributed by atoms with Crippen LogP contribution in [0.2, 0.25) is 0 Å². The van der Waals surface area contributed by atoms with Gasteiger partial charge >= 0.3 is 5.97 Å². The number of aliphatic hydroxyl groups excluding tert-OH is 2. The van der Waals surface area contributed by atoms with Gasteiger partial charge in [-0.2, -0.15) is 0 Å². The molecule has 1 aliphatic rings. The van der Waals surface area contributed by atoms with Crippen molar-refractivity contribution in [2.75, 3.05) is 0 Å². The number of hydrogen-bond donors (Lipinski definition) is 3. The third kappa shape index (κ3) is 1.36. The number of carboxylic acids is 1. The van der Waals surface area contributed by atoms with E-state index in [1.807, 2.05) is 0 Å². The quantitative estimate of drug-likeness (QED) is 0.487. The van der Waals surface area contributed by atoms with Gasteiger partial charge in [0.05, 0.1) is 17.6 Å². The fourth-order valence-corrected chi connectivity index (χ4v) is 1.45. The average Bonchev–Trinajstić information content (AvgIpc) is 2.09. The first-order chi connectivity index (χ1) is 4.96. The second-order valence-corrected chi connectivity index (χ2v) is 3.41. The molecule has 0 aromatic rings. The molecule has 3 N–H and O–H groups in total. The molecule has 1 saturated carbocycles. The SMILES string of the molecule is CC1(C(=O)O)CC(O)C(O)C1. The van der Waals surface area contributed by atoms with Crippen LogP contribution in [0.15, 0.2) is 0 Å². The summed E-state index contributed by atoms with van der Waals surface area (Å²) in [6.07, 6.45) is -1.47. The topological polar surface area (TPSA) is 77.8 Å². The van der Waals surface area contributed by atoms with Crippen LogP contribution in [0.5, 0.6) is 0 Å². The average molecular weight is 160 g/mol. The van der Waals surface area contributed by atoms with Crippen molar-refractivity contribution in [1.82, 2.24) is 0 Å². The highest BCUT2D eigenvalue weighted by Gasteiger charge is 2.45. The van der Waals surface area contributed by atoms with Crippen molar-refractivity contribution in [3.63, 3.8) is 0 Å². The van der Waals surface area contributed by atoms with E-state index in [2.05, 4.69) is 0 Å². The van der Waals surface area contributed by atoms with E-state index in [1.165, 1.54) is 6.92 Å². The van der Waals surface area contributed by atoms with E-state index in [0.717, 1.165) is 0 Å². The van der Waals surface area contributed by atoms with Gasteiger partial charge in [0.25, 0.3) is 0 Å². The van der Waals surface area contributed by atoms with Gasteiger partial charge in [-0.1, -0.05) is 0 Å². The van der Waals surface area contributed by atoms with E-state index in [0.29, 0.717) is 0 Å². The summed E-state index contributed by atoms with van der Waals surface area (Å²) in [5.41, 5.74) is -0.946. The minimum Gasteiger partial charge on any atom is -0.481 e. The zero-order valence-corrected chi connectivity index (χ0v) is 6.32. The molecule has 0 aromatic carbocycles. The molecule has 0 aliphatic heterocycles. The molecular formula is C7H12O4. The smallest absolute Gasteiger partial charge is 0.309 e. The monoisotopic (exact) mass is 160 g/mol. The molecule has 0 aromatic heterocycles. The van der Waals surface area contributed by atoms with Gasteiger partial charge in [0, 0.05) is 0 Å². The highest BCUT2D eigenvalue weighted by atomic mass is 16.4. The van der Waals surface area contributed by atoms with Crippen LogP contribution in [-0.2, 0) is 4.79 Å². The number of rotatable bonds is 1. The number of aliphatic carboxylic acids is 1. The van der Waals surface area contributed by atoms with Crippen LogP contribution in [0.4, 0.5) is 0 Å². The first-order valence-electron chi connectivity index (χ1n) is 3.55. The van der Waals surface area contributed by atoms with Crippen LogP contribution in [-0.4, -0.2) is 33.5 Å². The lowest BCUT2D eigenvalue weighted by Gasteiger charge is -2.15. The van der Waals surface area contributed by atoms with Crippen molar-refractivity contribution in [2.24, 2.45) is 5.41 Å². The van der Waals surface area contributed by atoms with Gasteiger partial charge in [-0.25, -0.2) is 0 Å². The maximum absolute atomic E-state index is 10.6. The molecule has 1 rings (SSSR count). The van der Waals surface area contributed by atoms with E-state index < -0.39 is 23.6 Å². The fraction of sp³-hybridized carbons (Fsp3) is 0.857. The minimum atomic E-state index is -0.951. The Labute approximate surface area is 64.5 Å². The molecule has 4 heteroatoms. The summed E-state index contributed by atoms with van der Waals surface area (Å²) in [6, 6.07) is 0. The Hall–Kier alpha value is -0.610. The van der Waals surface area contributed by atoms with Crippen molar-refractivity contribution in [3.8, 4) is 0 Å².